The fourth-order valence-corrected chi connectivity index (χ4v) is 2.13. The maximum Gasteiger partial charge on any atom is 0.175 e. The van der Waals surface area contributed by atoms with Crippen LogP contribution in [0.1, 0.15) is 13.8 Å². The van der Waals surface area contributed by atoms with Crippen molar-refractivity contribution < 1.29 is 30.5 Å². The predicted octanol–water partition coefficient (Wildman–Crippen LogP) is 4.29. The Morgan fingerprint density at radius 2 is 1.13 bits per heavy atom. The Morgan fingerprint density at radius 1 is 0.783 bits per heavy atom. The molecule has 6 heteroatoms. The number of rotatable bonds is 6. The molecule has 23 heavy (non-hydrogen) atoms. The van der Waals surface area contributed by atoms with Gasteiger partial charge in [0, 0.05) is 32.4 Å². The summed E-state index contributed by atoms with van der Waals surface area (Å²) < 4.78 is 10.8. The van der Waals surface area contributed by atoms with Gasteiger partial charge in [-0.25, -0.2) is 0 Å². The first kappa shape index (κ1) is 19.5. The second-order valence-corrected chi connectivity index (χ2v) is 4.90. The van der Waals surface area contributed by atoms with Crippen molar-refractivity contribution in [3.05, 3.63) is 48.5 Å². The molecule has 0 saturated heterocycles. The van der Waals surface area contributed by atoms with Crippen LogP contribution in [0.15, 0.2) is 48.5 Å². The number of hydrogen-bond acceptors (Lipinski definition) is 3. The van der Waals surface area contributed by atoms with Crippen LogP contribution in [0.25, 0.3) is 0 Å². The molecule has 0 unspecified atom stereocenters. The monoisotopic (exact) mass is 414 g/mol. The van der Waals surface area contributed by atoms with E-state index in [2.05, 4.69) is 10.6 Å². The van der Waals surface area contributed by atoms with Gasteiger partial charge in [0.25, 0.3) is 0 Å². The second kappa shape index (κ2) is 10.2. The van der Waals surface area contributed by atoms with Crippen molar-refractivity contribution in [3.8, 4) is 11.5 Å². The van der Waals surface area contributed by atoms with Crippen molar-refractivity contribution in [1.82, 2.24) is 0 Å². The molecule has 4 nitrogen and oxygen atoms in total. The summed E-state index contributed by atoms with van der Waals surface area (Å²) in [5.41, 5.74) is 1.82. The molecule has 2 aromatic carbocycles. The topological polar surface area (TPSA) is 42.5 Å². The maximum absolute atomic E-state index is 5.40. The third kappa shape index (κ3) is 6.59. The van der Waals surface area contributed by atoms with E-state index in [4.69, 9.17) is 21.7 Å². The summed E-state index contributed by atoms with van der Waals surface area (Å²) in [6, 6.07) is 15.3. The predicted molar refractivity (Wildman–Crippen MR) is 95.1 cm³/mol. The Hall–Kier alpha value is -1.58. The Balaban J connectivity index is 0.00000264. The van der Waals surface area contributed by atoms with Gasteiger partial charge in [0.15, 0.2) is 5.11 Å². The molecule has 0 aliphatic carbocycles. The number of thiocarbonyl (C=S) groups is 1. The zero-order valence-corrected chi connectivity index (χ0v) is 16.0. The molecule has 0 aliphatic heterocycles. The smallest absolute Gasteiger partial charge is 0.175 e. The number of anilines is 2. The van der Waals surface area contributed by atoms with Gasteiger partial charge in [0.2, 0.25) is 0 Å². The second-order valence-electron chi connectivity index (χ2n) is 4.49. The molecule has 0 atom stereocenters. The minimum Gasteiger partial charge on any atom is -0.494 e. The molecule has 2 N–H and O–H groups in total. The standard InChI is InChI=1S/C17H20N2O2S.Mo/c1-3-20-15-9-5-13(6-10-15)18-17(22)19-14-7-11-16(12-8-14)21-4-2;/h5-12H,3-4H2,1-2H3,(H2,18,19,22);. The van der Waals surface area contributed by atoms with Gasteiger partial charge in [-0.3, -0.25) is 0 Å². The van der Waals surface area contributed by atoms with Crippen molar-refractivity contribution in [2.75, 3.05) is 23.8 Å². The van der Waals surface area contributed by atoms with E-state index in [0.29, 0.717) is 18.3 Å². The molecule has 0 bridgehead atoms. The molecule has 0 aromatic heterocycles. The number of hydrogen-bond donors (Lipinski definition) is 2. The largest absolute Gasteiger partial charge is 0.494 e. The van der Waals surface area contributed by atoms with E-state index in [1.165, 1.54) is 0 Å². The van der Waals surface area contributed by atoms with E-state index in [0.717, 1.165) is 22.9 Å². The fraction of sp³-hybridized carbons (Fsp3) is 0.235. The molecular weight excluding hydrogens is 392 g/mol. The van der Waals surface area contributed by atoms with Gasteiger partial charge in [0.1, 0.15) is 11.5 Å². The number of benzene rings is 2. The maximum atomic E-state index is 5.40. The van der Waals surface area contributed by atoms with Crippen molar-refractivity contribution in [1.29, 1.82) is 0 Å². The first-order chi connectivity index (χ1) is 10.7. The van der Waals surface area contributed by atoms with Gasteiger partial charge >= 0.3 is 0 Å². The van der Waals surface area contributed by atoms with Gasteiger partial charge in [0.05, 0.1) is 13.2 Å². The van der Waals surface area contributed by atoms with E-state index >= 15 is 0 Å². The molecule has 122 valence electrons. The van der Waals surface area contributed by atoms with E-state index in [1.807, 2.05) is 62.4 Å². The van der Waals surface area contributed by atoms with Gasteiger partial charge < -0.3 is 20.1 Å². The molecule has 0 saturated carbocycles. The van der Waals surface area contributed by atoms with Gasteiger partial charge in [-0.05, 0) is 74.6 Å². The molecule has 0 heterocycles. The first-order valence-corrected chi connectivity index (χ1v) is 7.65. The summed E-state index contributed by atoms with van der Waals surface area (Å²) in [5.74, 6) is 1.69. The van der Waals surface area contributed by atoms with E-state index in [9.17, 15) is 0 Å². The van der Waals surface area contributed by atoms with Crippen LogP contribution in [0.4, 0.5) is 11.4 Å². The van der Waals surface area contributed by atoms with Gasteiger partial charge in [-0.2, -0.15) is 0 Å². The quantitative estimate of drug-likeness (QED) is 0.548. The van der Waals surface area contributed by atoms with Crippen LogP contribution in [0.3, 0.4) is 0 Å². The zero-order chi connectivity index (χ0) is 15.8. The third-order valence-electron chi connectivity index (χ3n) is 2.85. The average Bonchev–Trinajstić information content (AvgIpc) is 2.52. The number of nitrogens with one attached hydrogen (secondary N) is 2. The van der Waals surface area contributed by atoms with Crippen LogP contribution in [-0.4, -0.2) is 18.3 Å². The minimum atomic E-state index is 0. The molecule has 0 aliphatic rings. The summed E-state index contributed by atoms with van der Waals surface area (Å²) in [4.78, 5) is 0. The van der Waals surface area contributed by atoms with Gasteiger partial charge in [-0.15, -0.1) is 0 Å². The normalized spacial score (nSPS) is 9.48. The van der Waals surface area contributed by atoms with E-state index in [1.54, 1.807) is 0 Å². The average molecular weight is 412 g/mol. The first-order valence-electron chi connectivity index (χ1n) is 7.25. The molecule has 0 spiro atoms. The van der Waals surface area contributed by atoms with Crippen molar-refractivity contribution >= 4 is 28.7 Å². The van der Waals surface area contributed by atoms with Crippen molar-refractivity contribution in [2.24, 2.45) is 0 Å². The molecule has 2 rings (SSSR count). The van der Waals surface area contributed by atoms with Crippen LogP contribution in [0.5, 0.6) is 11.5 Å². The summed E-state index contributed by atoms with van der Waals surface area (Å²) in [6.45, 7) is 5.24. The van der Waals surface area contributed by atoms with Crippen LogP contribution in [0.2, 0.25) is 0 Å². The van der Waals surface area contributed by atoms with Crippen LogP contribution in [0, 0.1) is 0 Å². The summed E-state index contributed by atoms with van der Waals surface area (Å²) in [5, 5.41) is 6.80. The number of ether oxygens (including phenoxy) is 2. The summed E-state index contributed by atoms with van der Waals surface area (Å²) >= 11 is 5.30. The SMILES string of the molecule is CCOc1ccc(NC(=S)Nc2ccc(OCC)cc2)cc1.[Mo]. The van der Waals surface area contributed by atoms with Crippen LogP contribution >= 0.6 is 12.2 Å². The fourth-order valence-electron chi connectivity index (χ4n) is 1.90. The minimum absolute atomic E-state index is 0. The Bertz CT molecular complexity index is 549. The van der Waals surface area contributed by atoms with Crippen LogP contribution in [-0.2, 0) is 21.1 Å². The third-order valence-corrected chi connectivity index (χ3v) is 3.05. The van der Waals surface area contributed by atoms with E-state index in [-0.39, 0.29) is 21.1 Å². The molecule has 0 amide bonds. The van der Waals surface area contributed by atoms with Crippen LogP contribution < -0.4 is 20.1 Å². The van der Waals surface area contributed by atoms with Crippen molar-refractivity contribution in [3.63, 3.8) is 0 Å². The molecule has 2 aromatic rings. The summed E-state index contributed by atoms with van der Waals surface area (Å²) in [7, 11) is 0. The zero-order valence-electron chi connectivity index (χ0n) is 13.2. The Kier molecular flexibility index (Phi) is 8.67. The Morgan fingerprint density at radius 3 is 1.43 bits per heavy atom. The molecule has 0 fully saturated rings. The summed E-state index contributed by atoms with van der Waals surface area (Å²) in [6.07, 6.45) is 0. The van der Waals surface area contributed by atoms with Crippen molar-refractivity contribution in [2.45, 2.75) is 13.8 Å². The van der Waals surface area contributed by atoms with Gasteiger partial charge in [-0.1, -0.05) is 0 Å². The molecular formula is C17H20MoN2O2S. The van der Waals surface area contributed by atoms with E-state index < -0.39 is 0 Å². The Labute approximate surface area is 156 Å². The molecule has 0 radical (unpaired) electrons.